The highest BCUT2D eigenvalue weighted by Gasteiger charge is 2.55. The molecule has 2 N–H and O–H groups in total. The van der Waals surface area contributed by atoms with Gasteiger partial charge >= 0.3 is 0 Å². The Morgan fingerprint density at radius 1 is 1.17 bits per heavy atom. The first-order valence-electron chi connectivity index (χ1n) is 10.7. The van der Waals surface area contributed by atoms with E-state index in [2.05, 4.69) is 17.1 Å². The zero-order valence-corrected chi connectivity index (χ0v) is 17.4. The standard InChI is InChI=1S/C24H28N2O4/c1-24-8-5-15-16-13-22(29-2)21(27)12-18(16)20(26-30-14-6-9-25-10-7-14)11-17(15)19(24)3-4-23(24)28/h6-7,9-10,12-13,15,17,19,23,27-28H,3-5,8,11H2,1-2H3/b26-20+/t15-,17-,19+,23+,24+/m1/s1. The van der Waals surface area contributed by atoms with Crippen LogP contribution in [0, 0.1) is 17.3 Å². The van der Waals surface area contributed by atoms with Gasteiger partial charge in [-0.3, -0.25) is 4.98 Å². The molecule has 30 heavy (non-hydrogen) atoms. The summed E-state index contributed by atoms with van der Waals surface area (Å²) in [5, 5.41) is 25.6. The maximum Gasteiger partial charge on any atom is 0.161 e. The predicted octanol–water partition coefficient (Wildman–Crippen LogP) is 4.25. The van der Waals surface area contributed by atoms with Gasteiger partial charge in [-0.1, -0.05) is 12.1 Å². The van der Waals surface area contributed by atoms with Crippen LogP contribution in [-0.2, 0) is 0 Å². The number of rotatable bonds is 3. The smallest absolute Gasteiger partial charge is 0.161 e. The van der Waals surface area contributed by atoms with E-state index >= 15 is 0 Å². The zero-order chi connectivity index (χ0) is 20.9. The fraction of sp³-hybridized carbons (Fsp3) is 0.500. The molecule has 2 fully saturated rings. The van der Waals surface area contributed by atoms with E-state index in [0.717, 1.165) is 43.4 Å². The molecule has 2 saturated carbocycles. The number of phenols is 1. The summed E-state index contributed by atoms with van der Waals surface area (Å²) in [4.78, 5) is 9.73. The predicted molar refractivity (Wildman–Crippen MR) is 113 cm³/mol. The molecule has 1 aromatic heterocycles. The van der Waals surface area contributed by atoms with Crippen molar-refractivity contribution in [2.24, 2.45) is 22.4 Å². The molecule has 0 unspecified atom stereocenters. The normalized spacial score (nSPS) is 33.5. The van der Waals surface area contributed by atoms with Crippen molar-refractivity contribution in [2.75, 3.05) is 7.11 Å². The number of benzene rings is 1. The molecule has 5 rings (SSSR count). The van der Waals surface area contributed by atoms with E-state index in [9.17, 15) is 10.2 Å². The molecule has 0 amide bonds. The van der Waals surface area contributed by atoms with Gasteiger partial charge in [0.1, 0.15) is 0 Å². The third-order valence-electron chi connectivity index (χ3n) is 7.79. The lowest BCUT2D eigenvalue weighted by atomic mass is 9.55. The van der Waals surface area contributed by atoms with Crippen molar-refractivity contribution in [1.29, 1.82) is 0 Å². The topological polar surface area (TPSA) is 84.2 Å². The minimum atomic E-state index is -0.229. The van der Waals surface area contributed by atoms with E-state index in [0.29, 0.717) is 29.3 Å². The SMILES string of the molecule is COc1cc2c(cc1O)/C(=N/Oc1ccncc1)C[C@@H]1[C@@H]2CC[C@]2(C)[C@@H](O)CC[C@@H]12. The number of fused-ring (bicyclic) bond motifs is 5. The van der Waals surface area contributed by atoms with Gasteiger partial charge in [0.2, 0.25) is 0 Å². The first-order valence-corrected chi connectivity index (χ1v) is 10.7. The molecule has 6 nitrogen and oxygen atoms in total. The van der Waals surface area contributed by atoms with Crippen LogP contribution in [0.5, 0.6) is 17.2 Å². The molecule has 0 saturated heterocycles. The number of aromatic hydroxyl groups is 1. The highest BCUT2D eigenvalue weighted by atomic mass is 16.6. The molecule has 158 valence electrons. The van der Waals surface area contributed by atoms with Crippen molar-refractivity contribution in [3.63, 3.8) is 0 Å². The van der Waals surface area contributed by atoms with Crippen LogP contribution in [0.2, 0.25) is 0 Å². The quantitative estimate of drug-likeness (QED) is 0.742. The Balaban J connectivity index is 1.58. The fourth-order valence-corrected chi connectivity index (χ4v) is 6.16. The summed E-state index contributed by atoms with van der Waals surface area (Å²) in [5.74, 6) is 2.45. The molecule has 0 aliphatic heterocycles. The molecule has 1 aromatic carbocycles. The van der Waals surface area contributed by atoms with Crippen LogP contribution < -0.4 is 9.57 Å². The van der Waals surface area contributed by atoms with Crippen LogP contribution in [-0.4, -0.2) is 34.1 Å². The van der Waals surface area contributed by atoms with E-state index in [1.807, 2.05) is 6.07 Å². The second-order valence-corrected chi connectivity index (χ2v) is 9.14. The minimum absolute atomic E-state index is 0.0310. The third kappa shape index (κ3) is 2.97. The van der Waals surface area contributed by atoms with Gasteiger partial charge in [0.05, 0.1) is 18.9 Å². The molecule has 3 aliphatic rings. The van der Waals surface area contributed by atoms with Gasteiger partial charge in [-0.15, -0.1) is 0 Å². The lowest BCUT2D eigenvalue weighted by Crippen LogP contribution is -2.45. The van der Waals surface area contributed by atoms with Gasteiger partial charge in [-0.25, -0.2) is 0 Å². The Bertz CT molecular complexity index is 977. The van der Waals surface area contributed by atoms with Gasteiger partial charge < -0.3 is 19.8 Å². The van der Waals surface area contributed by atoms with Gasteiger partial charge in [-0.05, 0) is 73.0 Å². The van der Waals surface area contributed by atoms with Crippen LogP contribution in [0.3, 0.4) is 0 Å². The molecule has 0 spiro atoms. The Labute approximate surface area is 176 Å². The molecule has 6 heteroatoms. The molecule has 0 radical (unpaired) electrons. The summed E-state index contributed by atoms with van der Waals surface area (Å²) in [7, 11) is 1.58. The van der Waals surface area contributed by atoms with Crippen LogP contribution in [0.4, 0.5) is 0 Å². The number of aromatic nitrogens is 1. The fourth-order valence-electron chi connectivity index (χ4n) is 6.16. The third-order valence-corrected chi connectivity index (χ3v) is 7.79. The number of aliphatic hydroxyl groups is 1. The van der Waals surface area contributed by atoms with Crippen molar-refractivity contribution in [3.05, 3.63) is 47.8 Å². The summed E-state index contributed by atoms with van der Waals surface area (Å²) in [5.41, 5.74) is 2.91. The van der Waals surface area contributed by atoms with Gasteiger partial charge in [0, 0.05) is 30.1 Å². The number of pyridine rings is 1. The largest absolute Gasteiger partial charge is 0.504 e. The van der Waals surface area contributed by atoms with Crippen LogP contribution >= 0.6 is 0 Å². The molecule has 1 heterocycles. The van der Waals surface area contributed by atoms with Gasteiger partial charge in [0.15, 0.2) is 17.2 Å². The van der Waals surface area contributed by atoms with Crippen LogP contribution in [0.25, 0.3) is 0 Å². The Hall–Kier alpha value is -2.60. The van der Waals surface area contributed by atoms with E-state index in [1.54, 1.807) is 37.7 Å². The lowest BCUT2D eigenvalue weighted by molar-refractivity contribution is -0.0178. The monoisotopic (exact) mass is 408 g/mol. The lowest BCUT2D eigenvalue weighted by Gasteiger charge is -2.50. The van der Waals surface area contributed by atoms with Crippen molar-refractivity contribution >= 4 is 5.71 Å². The maximum absolute atomic E-state index is 10.7. The van der Waals surface area contributed by atoms with Crippen molar-refractivity contribution in [3.8, 4) is 17.2 Å². The van der Waals surface area contributed by atoms with E-state index in [-0.39, 0.29) is 17.3 Å². The summed E-state index contributed by atoms with van der Waals surface area (Å²) in [6, 6.07) is 7.27. The van der Waals surface area contributed by atoms with Crippen LogP contribution in [0.1, 0.15) is 56.1 Å². The number of hydrogen-bond acceptors (Lipinski definition) is 6. The van der Waals surface area contributed by atoms with Crippen molar-refractivity contribution < 1.29 is 19.8 Å². The zero-order valence-electron chi connectivity index (χ0n) is 17.4. The summed E-state index contributed by atoms with van der Waals surface area (Å²) < 4.78 is 5.41. The molecular formula is C24H28N2O4. The average molecular weight is 408 g/mol. The Morgan fingerprint density at radius 3 is 2.73 bits per heavy atom. The number of phenolic OH excluding ortho intramolecular Hbond substituents is 1. The highest BCUT2D eigenvalue weighted by molar-refractivity contribution is 6.03. The number of nitrogens with zero attached hydrogens (tertiary/aromatic N) is 2. The van der Waals surface area contributed by atoms with E-state index < -0.39 is 0 Å². The van der Waals surface area contributed by atoms with Crippen molar-refractivity contribution in [2.45, 2.75) is 51.0 Å². The summed E-state index contributed by atoms with van der Waals surface area (Å²) >= 11 is 0. The second kappa shape index (κ2) is 7.27. The van der Waals surface area contributed by atoms with Gasteiger partial charge in [-0.2, -0.15) is 0 Å². The molecule has 2 aromatic rings. The van der Waals surface area contributed by atoms with Gasteiger partial charge in [0.25, 0.3) is 0 Å². The number of hydrogen-bond donors (Lipinski definition) is 2. The second-order valence-electron chi connectivity index (χ2n) is 9.14. The molecule has 3 aliphatic carbocycles. The van der Waals surface area contributed by atoms with Crippen molar-refractivity contribution in [1.82, 2.24) is 4.98 Å². The van der Waals surface area contributed by atoms with E-state index in [4.69, 9.17) is 9.57 Å². The van der Waals surface area contributed by atoms with E-state index in [1.165, 1.54) is 5.56 Å². The maximum atomic E-state index is 10.7. The first-order chi connectivity index (χ1) is 14.5. The molecule has 0 bridgehead atoms. The number of ether oxygens (including phenoxy) is 1. The Morgan fingerprint density at radius 2 is 1.97 bits per heavy atom. The Kier molecular flexibility index (Phi) is 4.69. The number of aliphatic hydroxyl groups excluding tert-OH is 1. The van der Waals surface area contributed by atoms with Crippen LogP contribution in [0.15, 0.2) is 41.8 Å². The average Bonchev–Trinajstić information content (AvgIpc) is 3.07. The molecular weight excluding hydrogens is 380 g/mol. The first kappa shape index (κ1) is 19.4. The highest BCUT2D eigenvalue weighted by Crippen LogP contribution is 2.61. The summed E-state index contributed by atoms with van der Waals surface area (Å²) in [6.45, 7) is 2.25. The number of oxime groups is 1. The number of methoxy groups -OCH3 is 1. The summed E-state index contributed by atoms with van der Waals surface area (Å²) in [6.07, 6.45) is 7.84. The minimum Gasteiger partial charge on any atom is -0.504 e. The molecule has 5 atom stereocenters.